The molecule has 1 heterocycles. The van der Waals surface area contributed by atoms with Crippen molar-refractivity contribution in [3.05, 3.63) is 65.2 Å². The van der Waals surface area contributed by atoms with E-state index in [0.717, 1.165) is 5.56 Å². The van der Waals surface area contributed by atoms with Crippen LogP contribution in [0, 0.1) is 0 Å². The minimum absolute atomic E-state index is 0.0914. The van der Waals surface area contributed by atoms with Gasteiger partial charge in [0.1, 0.15) is 11.6 Å². The second-order valence-electron chi connectivity index (χ2n) is 7.08. The van der Waals surface area contributed by atoms with Gasteiger partial charge in [-0.1, -0.05) is 23.7 Å². The van der Waals surface area contributed by atoms with Gasteiger partial charge in [-0.25, -0.2) is 9.97 Å². The molecule has 1 aromatic heterocycles. The van der Waals surface area contributed by atoms with Gasteiger partial charge < -0.3 is 21.3 Å². The SMILES string of the molecule is CC(=O)NCCNc1cc(NCCNC(=O)c2ccccc2S)nc(-c2ccc(Cl)cc2)n1. The van der Waals surface area contributed by atoms with Gasteiger partial charge in [-0.3, -0.25) is 9.59 Å². The van der Waals surface area contributed by atoms with Gasteiger partial charge in [0.25, 0.3) is 5.91 Å². The van der Waals surface area contributed by atoms with Gasteiger partial charge in [-0.2, -0.15) is 0 Å². The van der Waals surface area contributed by atoms with E-state index in [0.29, 0.717) is 59.1 Å². The largest absolute Gasteiger partial charge is 0.368 e. The molecule has 0 aliphatic carbocycles. The number of benzene rings is 2. The Morgan fingerprint density at radius 1 is 0.879 bits per heavy atom. The van der Waals surface area contributed by atoms with Gasteiger partial charge in [-0.05, 0) is 36.4 Å². The summed E-state index contributed by atoms with van der Waals surface area (Å²) in [6.45, 7) is 3.31. The minimum atomic E-state index is -0.188. The average molecular weight is 485 g/mol. The van der Waals surface area contributed by atoms with E-state index in [-0.39, 0.29) is 11.8 Å². The molecule has 0 aliphatic rings. The number of aromatic nitrogens is 2. The van der Waals surface area contributed by atoms with Gasteiger partial charge >= 0.3 is 0 Å². The number of hydrogen-bond acceptors (Lipinski definition) is 7. The summed E-state index contributed by atoms with van der Waals surface area (Å²) in [7, 11) is 0. The van der Waals surface area contributed by atoms with Crippen LogP contribution < -0.4 is 21.3 Å². The number of carbonyl (C=O) groups excluding carboxylic acids is 2. The maximum Gasteiger partial charge on any atom is 0.252 e. The highest BCUT2D eigenvalue weighted by molar-refractivity contribution is 7.80. The van der Waals surface area contributed by atoms with Crippen LogP contribution in [0.25, 0.3) is 11.4 Å². The third-order valence-corrected chi connectivity index (χ3v) is 5.14. The zero-order valence-electron chi connectivity index (χ0n) is 18.1. The van der Waals surface area contributed by atoms with Crippen LogP contribution in [-0.2, 0) is 4.79 Å². The van der Waals surface area contributed by atoms with Crippen LogP contribution in [0.5, 0.6) is 0 Å². The topological polar surface area (TPSA) is 108 Å². The Labute approximate surface area is 203 Å². The van der Waals surface area contributed by atoms with Crippen LogP contribution in [0.15, 0.2) is 59.5 Å². The van der Waals surface area contributed by atoms with E-state index in [9.17, 15) is 9.59 Å². The monoisotopic (exact) mass is 484 g/mol. The predicted octanol–water partition coefficient (Wildman–Crippen LogP) is 3.48. The highest BCUT2D eigenvalue weighted by atomic mass is 35.5. The second-order valence-corrected chi connectivity index (χ2v) is 8.00. The Morgan fingerprint density at radius 2 is 1.48 bits per heavy atom. The van der Waals surface area contributed by atoms with Crippen LogP contribution in [0.3, 0.4) is 0 Å². The fourth-order valence-electron chi connectivity index (χ4n) is 2.91. The smallest absolute Gasteiger partial charge is 0.252 e. The van der Waals surface area contributed by atoms with E-state index in [1.54, 1.807) is 36.4 Å². The first-order valence-electron chi connectivity index (χ1n) is 10.4. The molecule has 8 nitrogen and oxygen atoms in total. The normalized spacial score (nSPS) is 10.4. The first-order valence-corrected chi connectivity index (χ1v) is 11.2. The molecule has 0 fully saturated rings. The first kappa shape index (κ1) is 24.3. The molecule has 2 amide bonds. The number of thiol groups is 1. The molecule has 172 valence electrons. The van der Waals surface area contributed by atoms with Crippen molar-refractivity contribution in [2.75, 3.05) is 36.8 Å². The molecule has 0 aliphatic heterocycles. The van der Waals surface area contributed by atoms with E-state index in [4.69, 9.17) is 11.6 Å². The number of carbonyl (C=O) groups is 2. The zero-order chi connectivity index (χ0) is 23.6. The number of hydrogen-bond donors (Lipinski definition) is 5. The quantitative estimate of drug-likeness (QED) is 0.223. The molecular formula is C23H25ClN6O2S. The van der Waals surface area contributed by atoms with Gasteiger partial charge in [-0.15, -0.1) is 12.6 Å². The summed E-state index contributed by atoms with van der Waals surface area (Å²) in [5, 5.41) is 12.6. The summed E-state index contributed by atoms with van der Waals surface area (Å²) in [6.07, 6.45) is 0. The van der Waals surface area contributed by atoms with Crippen molar-refractivity contribution in [2.45, 2.75) is 11.8 Å². The fourth-order valence-corrected chi connectivity index (χ4v) is 3.30. The Morgan fingerprint density at radius 3 is 2.09 bits per heavy atom. The van der Waals surface area contributed by atoms with Crippen LogP contribution in [0.2, 0.25) is 5.02 Å². The molecule has 0 radical (unpaired) electrons. The van der Waals surface area contributed by atoms with Crippen molar-refractivity contribution >= 4 is 47.7 Å². The van der Waals surface area contributed by atoms with Crippen molar-refractivity contribution in [2.24, 2.45) is 0 Å². The molecule has 3 rings (SSSR count). The molecule has 2 aromatic carbocycles. The van der Waals surface area contributed by atoms with Crippen LogP contribution in [-0.4, -0.2) is 48.0 Å². The highest BCUT2D eigenvalue weighted by Gasteiger charge is 2.09. The van der Waals surface area contributed by atoms with Crippen LogP contribution in [0.1, 0.15) is 17.3 Å². The lowest BCUT2D eigenvalue weighted by atomic mass is 10.2. The van der Waals surface area contributed by atoms with E-state index >= 15 is 0 Å². The van der Waals surface area contributed by atoms with E-state index < -0.39 is 0 Å². The van der Waals surface area contributed by atoms with Gasteiger partial charge in [0.15, 0.2) is 5.82 Å². The summed E-state index contributed by atoms with van der Waals surface area (Å²) >= 11 is 10.3. The molecule has 3 aromatic rings. The van der Waals surface area contributed by atoms with E-state index in [1.807, 2.05) is 18.2 Å². The summed E-state index contributed by atoms with van der Waals surface area (Å²) in [5.74, 6) is 1.45. The third kappa shape index (κ3) is 7.65. The number of rotatable bonds is 10. The Balaban J connectivity index is 1.65. The lowest BCUT2D eigenvalue weighted by Gasteiger charge is -2.12. The lowest BCUT2D eigenvalue weighted by molar-refractivity contribution is -0.118. The lowest BCUT2D eigenvalue weighted by Crippen LogP contribution is -2.29. The number of nitrogens with zero attached hydrogens (tertiary/aromatic N) is 2. The number of nitrogens with one attached hydrogen (secondary N) is 4. The predicted molar refractivity (Wildman–Crippen MR) is 134 cm³/mol. The van der Waals surface area contributed by atoms with Gasteiger partial charge in [0, 0.05) is 54.7 Å². The number of halogens is 1. The first-order chi connectivity index (χ1) is 15.9. The molecule has 0 spiro atoms. The van der Waals surface area contributed by atoms with Crippen molar-refractivity contribution in [3.63, 3.8) is 0 Å². The molecule has 33 heavy (non-hydrogen) atoms. The van der Waals surface area contributed by atoms with Crippen LogP contribution >= 0.6 is 24.2 Å². The van der Waals surface area contributed by atoms with Gasteiger partial charge in [0.05, 0.1) is 5.56 Å². The molecule has 4 N–H and O–H groups in total. The highest BCUT2D eigenvalue weighted by Crippen LogP contribution is 2.22. The molecule has 0 saturated carbocycles. The summed E-state index contributed by atoms with van der Waals surface area (Å²) in [4.78, 5) is 33.2. The van der Waals surface area contributed by atoms with Crippen molar-refractivity contribution in [3.8, 4) is 11.4 Å². The maximum absolute atomic E-state index is 12.3. The Bertz CT molecular complexity index is 1110. The van der Waals surface area contributed by atoms with Gasteiger partial charge in [0.2, 0.25) is 5.91 Å². The molecular weight excluding hydrogens is 460 g/mol. The molecule has 0 atom stereocenters. The van der Waals surface area contributed by atoms with Crippen molar-refractivity contribution < 1.29 is 9.59 Å². The Kier molecular flexibility index (Phi) is 8.91. The number of amides is 2. The molecule has 0 bridgehead atoms. The van der Waals surface area contributed by atoms with Crippen molar-refractivity contribution in [1.29, 1.82) is 0 Å². The number of anilines is 2. The molecule has 0 saturated heterocycles. The molecule has 0 unspecified atom stereocenters. The van der Waals surface area contributed by atoms with E-state index in [2.05, 4.69) is 43.9 Å². The summed E-state index contributed by atoms with van der Waals surface area (Å²) < 4.78 is 0. The van der Waals surface area contributed by atoms with Crippen LogP contribution in [0.4, 0.5) is 11.6 Å². The fraction of sp³-hybridized carbons (Fsp3) is 0.217. The standard InChI is InChI=1S/C23H25ClN6O2S/c1-15(31)25-10-11-26-20-14-21(30-22(29-20)16-6-8-17(24)9-7-16)27-12-13-28-23(32)18-4-2-3-5-19(18)33/h2-9,14,33H,10-13H2,1H3,(H,25,31)(H,28,32)(H2,26,27,29,30). The third-order valence-electron chi connectivity index (χ3n) is 4.50. The van der Waals surface area contributed by atoms with E-state index in [1.165, 1.54) is 6.92 Å². The second kappa shape index (κ2) is 12.1. The summed E-state index contributed by atoms with van der Waals surface area (Å²) in [5.41, 5.74) is 1.34. The average Bonchev–Trinajstić information content (AvgIpc) is 2.80. The minimum Gasteiger partial charge on any atom is -0.368 e. The maximum atomic E-state index is 12.3. The zero-order valence-corrected chi connectivity index (χ0v) is 19.7. The Hall–Kier alpha value is -3.30. The summed E-state index contributed by atoms with van der Waals surface area (Å²) in [6, 6.07) is 16.1. The van der Waals surface area contributed by atoms with Crippen molar-refractivity contribution in [1.82, 2.24) is 20.6 Å². The molecule has 10 heteroatoms.